The van der Waals surface area contributed by atoms with Crippen LogP contribution in [0.3, 0.4) is 0 Å². The molecule has 0 fully saturated rings. The van der Waals surface area contributed by atoms with Crippen molar-refractivity contribution >= 4 is 35.5 Å². The number of nitrogen functional groups attached to an aromatic ring is 1. The molecule has 1 unspecified atom stereocenters. The number of hydrogen-bond acceptors (Lipinski definition) is 7. The quantitative estimate of drug-likeness (QED) is 0.104. The first kappa shape index (κ1) is 34.5. The Balaban J connectivity index is 0.000000848. The number of nitrogens with zero attached hydrogens (tertiary/aromatic N) is 2. The van der Waals surface area contributed by atoms with Gasteiger partial charge in [0.25, 0.3) is 0 Å². The number of benzene rings is 2. The average Bonchev–Trinajstić information content (AvgIpc) is 2.82. The summed E-state index contributed by atoms with van der Waals surface area (Å²) in [5, 5.41) is 27.2. The first-order valence-corrected chi connectivity index (χ1v) is 10.7. The summed E-state index contributed by atoms with van der Waals surface area (Å²) < 4.78 is 63.5. The van der Waals surface area contributed by atoms with Crippen LogP contribution in [0.5, 0.6) is 0 Å². The maximum atomic E-state index is 11.5. The molecule has 0 aliphatic heterocycles. The number of alkyl halides is 6. The van der Waals surface area contributed by atoms with Gasteiger partial charge in [-0.05, 0) is 55.2 Å². The minimum absolute atomic E-state index is 0.626. The number of hydrazone groups is 1. The summed E-state index contributed by atoms with van der Waals surface area (Å²) in [5.74, 6) is -1.17. The van der Waals surface area contributed by atoms with Crippen LogP contribution in [0.4, 0.5) is 37.7 Å². The number of rotatable bonds is 8. The molecular formula is C23H26F6N4O6. The number of carboxylic acid groups (broad SMARTS) is 3. The fraction of sp³-hybridized carbons (Fsp3) is 0.304. The molecule has 10 nitrogen and oxygen atoms in total. The van der Waals surface area contributed by atoms with Crippen LogP contribution in [0.1, 0.15) is 24.5 Å². The van der Waals surface area contributed by atoms with Crippen LogP contribution in [0.2, 0.25) is 0 Å². The van der Waals surface area contributed by atoms with Gasteiger partial charge in [0.15, 0.2) is 0 Å². The molecule has 0 aromatic heterocycles. The first-order chi connectivity index (χ1) is 17.9. The van der Waals surface area contributed by atoms with Crippen LogP contribution in [-0.2, 0) is 20.8 Å². The zero-order valence-corrected chi connectivity index (χ0v) is 20.3. The van der Waals surface area contributed by atoms with E-state index in [1.54, 1.807) is 13.1 Å². The number of nitrogens with two attached hydrogens (primary N) is 2. The van der Waals surface area contributed by atoms with Gasteiger partial charge in [-0.25, -0.2) is 14.4 Å². The number of halogens is 6. The fourth-order valence-corrected chi connectivity index (χ4v) is 2.69. The normalized spacial score (nSPS) is 11.9. The van der Waals surface area contributed by atoms with Gasteiger partial charge in [0, 0.05) is 17.9 Å². The van der Waals surface area contributed by atoms with E-state index in [1.165, 1.54) is 5.56 Å². The molecule has 0 amide bonds. The molecule has 0 saturated carbocycles. The third-order valence-corrected chi connectivity index (χ3v) is 4.58. The van der Waals surface area contributed by atoms with Crippen LogP contribution in [0.15, 0.2) is 53.6 Å². The second-order valence-electron chi connectivity index (χ2n) is 7.53. The lowest BCUT2D eigenvalue weighted by molar-refractivity contribution is -0.193. The van der Waals surface area contributed by atoms with E-state index in [-0.39, 0.29) is 0 Å². The summed E-state index contributed by atoms with van der Waals surface area (Å²) in [6, 6.07) is 14.7. The van der Waals surface area contributed by atoms with E-state index in [1.807, 2.05) is 53.4 Å². The van der Waals surface area contributed by atoms with E-state index >= 15 is 0 Å². The Bertz CT molecular complexity index is 1080. The van der Waals surface area contributed by atoms with Gasteiger partial charge in [-0.1, -0.05) is 24.3 Å². The van der Waals surface area contributed by atoms with Gasteiger partial charge >= 0.3 is 30.3 Å². The molecule has 39 heavy (non-hydrogen) atoms. The van der Waals surface area contributed by atoms with E-state index < -0.39 is 36.3 Å². The Morgan fingerprint density at radius 3 is 1.85 bits per heavy atom. The Kier molecular flexibility index (Phi) is 13.9. The van der Waals surface area contributed by atoms with E-state index in [0.29, 0.717) is 6.54 Å². The van der Waals surface area contributed by atoms with E-state index in [4.69, 9.17) is 31.4 Å². The third-order valence-electron chi connectivity index (χ3n) is 4.58. The monoisotopic (exact) mass is 568 g/mol. The Morgan fingerprint density at radius 1 is 0.949 bits per heavy atom. The van der Waals surface area contributed by atoms with Crippen LogP contribution >= 0.6 is 0 Å². The van der Waals surface area contributed by atoms with Crippen molar-refractivity contribution in [1.82, 2.24) is 0 Å². The first-order valence-electron chi connectivity index (χ1n) is 10.7. The van der Waals surface area contributed by atoms with Gasteiger partial charge < -0.3 is 31.8 Å². The van der Waals surface area contributed by atoms with Gasteiger partial charge in [0.1, 0.15) is 6.04 Å². The molecule has 0 aliphatic rings. The second-order valence-corrected chi connectivity index (χ2v) is 7.53. The summed E-state index contributed by atoms with van der Waals surface area (Å²) in [7, 11) is 0. The Labute approximate surface area is 218 Å². The Hall–Kier alpha value is -4.50. The van der Waals surface area contributed by atoms with Crippen molar-refractivity contribution in [2.24, 2.45) is 10.9 Å². The van der Waals surface area contributed by atoms with Crippen molar-refractivity contribution < 1.29 is 56.0 Å². The highest BCUT2D eigenvalue weighted by atomic mass is 19.4. The number of aliphatic carboxylic acids is 3. The summed E-state index contributed by atoms with van der Waals surface area (Å²) in [5.41, 5.74) is 9.29. The highest BCUT2D eigenvalue weighted by Crippen LogP contribution is 2.20. The molecule has 1 atom stereocenters. The molecule has 2 aromatic carbocycles. The van der Waals surface area contributed by atoms with Gasteiger partial charge in [0.05, 0.1) is 6.21 Å². The molecule has 0 bridgehead atoms. The molecule has 16 heteroatoms. The van der Waals surface area contributed by atoms with Crippen LogP contribution in [-0.4, -0.2) is 64.4 Å². The van der Waals surface area contributed by atoms with Crippen molar-refractivity contribution in [3.63, 3.8) is 0 Å². The lowest BCUT2D eigenvalue weighted by Crippen LogP contribution is -2.40. The summed E-state index contributed by atoms with van der Waals surface area (Å²) >= 11 is 0. The minimum atomic E-state index is -5.08. The molecule has 0 saturated heterocycles. The zero-order chi connectivity index (χ0) is 30.4. The van der Waals surface area contributed by atoms with Crippen LogP contribution in [0, 0.1) is 0 Å². The van der Waals surface area contributed by atoms with Gasteiger partial charge in [-0.15, -0.1) is 0 Å². The summed E-state index contributed by atoms with van der Waals surface area (Å²) in [6.07, 6.45) is -6.94. The number of hydrogen-bond donors (Lipinski definition) is 5. The maximum absolute atomic E-state index is 11.5. The van der Waals surface area contributed by atoms with Crippen LogP contribution < -0.4 is 16.5 Å². The van der Waals surface area contributed by atoms with Crippen molar-refractivity contribution in [3.05, 3.63) is 59.7 Å². The molecule has 0 spiro atoms. The lowest BCUT2D eigenvalue weighted by atomic mass is 10.1. The average molecular weight is 568 g/mol. The lowest BCUT2D eigenvalue weighted by Gasteiger charge is -2.29. The fourth-order valence-electron chi connectivity index (χ4n) is 2.69. The van der Waals surface area contributed by atoms with E-state index in [9.17, 15) is 36.2 Å². The highest BCUT2D eigenvalue weighted by molar-refractivity contribution is 5.83. The van der Waals surface area contributed by atoms with Crippen molar-refractivity contribution in [3.8, 4) is 0 Å². The summed E-state index contributed by atoms with van der Waals surface area (Å²) in [6.45, 7) is 2.32. The molecule has 0 heterocycles. The van der Waals surface area contributed by atoms with Gasteiger partial charge in [-0.2, -0.15) is 31.4 Å². The van der Waals surface area contributed by atoms with Gasteiger partial charge in [0.2, 0.25) is 0 Å². The predicted octanol–water partition coefficient (Wildman–Crippen LogP) is 3.74. The molecule has 2 rings (SSSR count). The van der Waals surface area contributed by atoms with Crippen molar-refractivity contribution in [2.45, 2.75) is 38.2 Å². The van der Waals surface area contributed by atoms with E-state index in [2.05, 4.69) is 5.10 Å². The standard InChI is InChI=1S/C19H24N4O2.2C2HF3O2/c1-14(19(24)25)23(18-6-2-4-16(12-18)13-22-21)11-3-5-15-7-9-17(20)10-8-15;2*3-2(4,5)1(6)7/h2,4,6-10,12-14H,3,5,11,20-21H2,1H3,(H,24,25);2*(H,6,7). The molecule has 2 aromatic rings. The highest BCUT2D eigenvalue weighted by Gasteiger charge is 2.38. The largest absolute Gasteiger partial charge is 0.490 e. The SMILES string of the molecule is CC(C(=O)O)N(CCCc1ccc(N)cc1)c1cccc(C=NN)c1.O=C(O)C(F)(F)F.O=C(O)C(F)(F)F. The second kappa shape index (κ2) is 15.7. The predicted molar refractivity (Wildman–Crippen MR) is 129 cm³/mol. The summed E-state index contributed by atoms with van der Waals surface area (Å²) in [4.78, 5) is 31.2. The van der Waals surface area contributed by atoms with Crippen molar-refractivity contribution in [2.75, 3.05) is 17.2 Å². The molecular weight excluding hydrogens is 542 g/mol. The topological polar surface area (TPSA) is 180 Å². The molecule has 7 N–H and O–H groups in total. The number of anilines is 2. The van der Waals surface area contributed by atoms with E-state index in [0.717, 1.165) is 29.8 Å². The number of carboxylic acids is 3. The maximum Gasteiger partial charge on any atom is 0.490 e. The number of aryl methyl sites for hydroxylation is 1. The van der Waals surface area contributed by atoms with Crippen LogP contribution in [0.25, 0.3) is 0 Å². The number of carbonyl (C=O) groups is 3. The van der Waals surface area contributed by atoms with Gasteiger partial charge in [-0.3, -0.25) is 0 Å². The smallest absolute Gasteiger partial charge is 0.480 e. The van der Waals surface area contributed by atoms with Crippen molar-refractivity contribution in [1.29, 1.82) is 0 Å². The molecule has 0 radical (unpaired) electrons. The minimum Gasteiger partial charge on any atom is -0.480 e. The molecule has 0 aliphatic carbocycles. The molecule has 216 valence electrons. The zero-order valence-electron chi connectivity index (χ0n) is 20.3. The Morgan fingerprint density at radius 2 is 1.44 bits per heavy atom. The third kappa shape index (κ3) is 14.1.